The van der Waals surface area contributed by atoms with Crippen LogP contribution in [0.4, 0.5) is 13.2 Å². The molecule has 0 aromatic heterocycles. The number of likely N-dealkylation sites (N-methyl/N-ethyl adjacent to an activating group) is 1. The monoisotopic (exact) mass is 560 g/mol. The number of carboxylic acids is 1. The summed E-state index contributed by atoms with van der Waals surface area (Å²) in [6, 6.07) is 6.65. The van der Waals surface area contributed by atoms with Crippen LogP contribution in [0.3, 0.4) is 0 Å². The van der Waals surface area contributed by atoms with Gasteiger partial charge in [0.05, 0.1) is 18.0 Å². The van der Waals surface area contributed by atoms with Crippen molar-refractivity contribution in [3.63, 3.8) is 0 Å². The van der Waals surface area contributed by atoms with Crippen molar-refractivity contribution >= 4 is 35.5 Å². The Morgan fingerprint density at radius 1 is 1.13 bits per heavy atom. The first-order valence-electron chi connectivity index (χ1n) is 12.3. The molecule has 1 saturated heterocycles. The quantitative estimate of drug-likeness (QED) is 0.404. The highest BCUT2D eigenvalue weighted by Crippen LogP contribution is 2.30. The molecule has 1 heterocycles. The lowest BCUT2D eigenvalue weighted by Crippen LogP contribution is -2.57. The Balaban J connectivity index is 0.000000638. The van der Waals surface area contributed by atoms with E-state index in [9.17, 15) is 27.6 Å². The number of amides is 3. The van der Waals surface area contributed by atoms with E-state index >= 15 is 0 Å². The van der Waals surface area contributed by atoms with Crippen LogP contribution in [0.2, 0.25) is 0 Å². The molecule has 0 bridgehead atoms. The minimum absolute atomic E-state index is 0.0166. The van der Waals surface area contributed by atoms with Gasteiger partial charge in [-0.05, 0) is 50.3 Å². The maximum atomic E-state index is 13.3. The summed E-state index contributed by atoms with van der Waals surface area (Å²) in [4.78, 5) is 49.4. The number of fused-ring (bicyclic) bond motifs is 1. The molecular formula is C25H35F3N4O5S. The molecule has 1 aliphatic carbocycles. The van der Waals surface area contributed by atoms with Gasteiger partial charge >= 0.3 is 12.1 Å². The zero-order valence-electron chi connectivity index (χ0n) is 21.8. The highest BCUT2D eigenvalue weighted by atomic mass is 32.2. The number of carbonyl (C=O) groups excluding carboxylic acids is 3. The summed E-state index contributed by atoms with van der Waals surface area (Å²) < 4.78 is 31.7. The van der Waals surface area contributed by atoms with Crippen molar-refractivity contribution < 1.29 is 37.5 Å². The van der Waals surface area contributed by atoms with E-state index in [1.807, 2.05) is 26.0 Å². The number of hydrogen-bond donors (Lipinski definition) is 4. The van der Waals surface area contributed by atoms with Gasteiger partial charge in [0, 0.05) is 5.75 Å². The zero-order chi connectivity index (χ0) is 28.6. The Kier molecular flexibility index (Phi) is 11.4. The second-order valence-corrected chi connectivity index (χ2v) is 10.5. The van der Waals surface area contributed by atoms with Crippen molar-refractivity contribution in [2.24, 2.45) is 5.92 Å². The molecule has 4 atom stereocenters. The fourth-order valence-electron chi connectivity index (χ4n) is 4.15. The summed E-state index contributed by atoms with van der Waals surface area (Å²) in [6.45, 7) is 5.56. The molecule has 0 saturated carbocycles. The highest BCUT2D eigenvalue weighted by molar-refractivity contribution is 7.99. The van der Waals surface area contributed by atoms with Gasteiger partial charge in [-0.3, -0.25) is 14.4 Å². The van der Waals surface area contributed by atoms with Crippen molar-refractivity contribution in [3.05, 3.63) is 35.4 Å². The van der Waals surface area contributed by atoms with Gasteiger partial charge in [0.1, 0.15) is 12.1 Å². The summed E-state index contributed by atoms with van der Waals surface area (Å²) in [5.41, 5.74) is 2.47. The highest BCUT2D eigenvalue weighted by Gasteiger charge is 2.40. The molecule has 212 valence electrons. The van der Waals surface area contributed by atoms with Crippen LogP contribution >= 0.6 is 11.8 Å². The van der Waals surface area contributed by atoms with Crippen LogP contribution in [0.1, 0.15) is 50.8 Å². The van der Waals surface area contributed by atoms with Gasteiger partial charge in [0.15, 0.2) is 0 Å². The lowest BCUT2D eigenvalue weighted by atomic mass is 9.87. The first-order valence-corrected chi connectivity index (χ1v) is 13.5. The van der Waals surface area contributed by atoms with E-state index in [2.05, 4.69) is 28.1 Å². The molecule has 2 aliphatic rings. The molecule has 1 aliphatic heterocycles. The number of aryl methyl sites for hydroxylation is 1. The molecule has 0 spiro atoms. The van der Waals surface area contributed by atoms with Crippen molar-refractivity contribution in [1.29, 1.82) is 0 Å². The number of carbonyl (C=O) groups is 4. The second-order valence-electron chi connectivity index (χ2n) is 9.52. The fourth-order valence-corrected chi connectivity index (χ4v) is 5.31. The first kappa shape index (κ1) is 31.4. The predicted molar refractivity (Wildman–Crippen MR) is 137 cm³/mol. The van der Waals surface area contributed by atoms with Crippen molar-refractivity contribution in [1.82, 2.24) is 20.9 Å². The second kappa shape index (κ2) is 13.8. The van der Waals surface area contributed by atoms with E-state index in [-0.39, 0.29) is 29.7 Å². The lowest BCUT2D eigenvalue weighted by Gasteiger charge is -2.32. The normalized spacial score (nSPS) is 20.5. The van der Waals surface area contributed by atoms with Crippen LogP contribution < -0.4 is 16.0 Å². The molecule has 13 heteroatoms. The smallest absolute Gasteiger partial charge is 0.475 e. The van der Waals surface area contributed by atoms with E-state index in [0.29, 0.717) is 11.6 Å². The Labute approximate surface area is 224 Å². The average Bonchev–Trinajstić information content (AvgIpc) is 3.36. The number of hydrogen-bond acceptors (Lipinski definition) is 6. The number of nitrogens with zero attached hydrogens (tertiary/aromatic N) is 1. The van der Waals surface area contributed by atoms with Crippen LogP contribution in [0.5, 0.6) is 0 Å². The SMILES string of the molecule is CNC(C)C(=O)NC(C(=O)N1CSCC1C(=O)NC1CCCc2ccccc21)C(C)C.O=C(O)C(F)(F)F. The number of thioether (sulfide) groups is 1. The van der Waals surface area contributed by atoms with Crippen molar-refractivity contribution in [3.8, 4) is 0 Å². The maximum absolute atomic E-state index is 13.3. The summed E-state index contributed by atoms with van der Waals surface area (Å²) in [7, 11) is 1.71. The van der Waals surface area contributed by atoms with Gasteiger partial charge in [-0.1, -0.05) is 38.1 Å². The van der Waals surface area contributed by atoms with E-state index < -0.39 is 30.3 Å². The third-order valence-electron chi connectivity index (χ3n) is 6.45. The first-order chi connectivity index (χ1) is 17.8. The van der Waals surface area contributed by atoms with Gasteiger partial charge in [-0.2, -0.15) is 13.2 Å². The molecule has 3 rings (SSSR count). The molecule has 1 aromatic rings. The minimum atomic E-state index is -5.08. The molecular weight excluding hydrogens is 525 g/mol. The number of rotatable bonds is 7. The van der Waals surface area contributed by atoms with Crippen molar-refractivity contribution in [2.75, 3.05) is 18.7 Å². The molecule has 1 fully saturated rings. The van der Waals surface area contributed by atoms with E-state index in [4.69, 9.17) is 9.90 Å². The average molecular weight is 561 g/mol. The molecule has 38 heavy (non-hydrogen) atoms. The molecule has 4 N–H and O–H groups in total. The third-order valence-corrected chi connectivity index (χ3v) is 7.47. The lowest BCUT2D eigenvalue weighted by molar-refractivity contribution is -0.192. The van der Waals surface area contributed by atoms with Gasteiger partial charge in [-0.25, -0.2) is 4.79 Å². The number of carboxylic acid groups (broad SMARTS) is 1. The molecule has 0 radical (unpaired) electrons. The van der Waals surface area contributed by atoms with Crippen LogP contribution in [0.15, 0.2) is 24.3 Å². The Bertz CT molecular complexity index is 1010. The number of nitrogens with one attached hydrogen (secondary N) is 3. The van der Waals surface area contributed by atoms with E-state index in [0.717, 1.165) is 19.3 Å². The van der Waals surface area contributed by atoms with Gasteiger partial charge in [0.2, 0.25) is 17.7 Å². The topological polar surface area (TPSA) is 128 Å². The number of alkyl halides is 3. The predicted octanol–water partition coefficient (Wildman–Crippen LogP) is 2.46. The molecule has 4 unspecified atom stereocenters. The third kappa shape index (κ3) is 8.35. The molecule has 9 nitrogen and oxygen atoms in total. The summed E-state index contributed by atoms with van der Waals surface area (Å²) >= 11 is 1.57. The molecule has 1 aromatic carbocycles. The summed E-state index contributed by atoms with van der Waals surface area (Å²) in [6.07, 6.45) is -2.11. The maximum Gasteiger partial charge on any atom is 0.490 e. The minimum Gasteiger partial charge on any atom is -0.475 e. The Morgan fingerprint density at radius 3 is 2.34 bits per heavy atom. The largest absolute Gasteiger partial charge is 0.490 e. The van der Waals surface area contributed by atoms with E-state index in [1.165, 1.54) is 11.1 Å². The van der Waals surface area contributed by atoms with Gasteiger partial charge in [-0.15, -0.1) is 11.8 Å². The fraction of sp³-hybridized carbons (Fsp3) is 0.600. The van der Waals surface area contributed by atoms with E-state index in [1.54, 1.807) is 30.6 Å². The standard InChI is InChI=1S/C23H34N4O3S.C2HF3O2/c1-14(2)20(26-21(28)15(3)24-4)23(30)27-13-31-12-19(27)22(29)25-18-11-7-9-16-8-5-6-10-17(16)18;3-2(4,5)1(6)7/h5-6,8,10,14-15,18-20,24H,7,9,11-13H2,1-4H3,(H,25,29)(H,26,28);(H,6,7). The zero-order valence-corrected chi connectivity index (χ0v) is 22.6. The summed E-state index contributed by atoms with van der Waals surface area (Å²) in [5, 5.41) is 16.1. The van der Waals surface area contributed by atoms with Crippen LogP contribution in [-0.2, 0) is 25.6 Å². The van der Waals surface area contributed by atoms with Crippen LogP contribution in [0, 0.1) is 5.92 Å². The molecule has 3 amide bonds. The summed E-state index contributed by atoms with van der Waals surface area (Å²) in [5.74, 6) is -2.34. The number of aliphatic carboxylic acids is 1. The van der Waals surface area contributed by atoms with Crippen LogP contribution in [-0.4, -0.2) is 76.7 Å². The Hall–Kier alpha value is -2.80. The van der Waals surface area contributed by atoms with Gasteiger partial charge < -0.3 is 26.0 Å². The number of benzene rings is 1. The Morgan fingerprint density at radius 2 is 1.76 bits per heavy atom. The van der Waals surface area contributed by atoms with Crippen molar-refractivity contribution in [2.45, 2.75) is 70.4 Å². The number of halogens is 3. The van der Waals surface area contributed by atoms with Gasteiger partial charge in [0.25, 0.3) is 0 Å². The van der Waals surface area contributed by atoms with Crippen LogP contribution in [0.25, 0.3) is 0 Å².